The summed E-state index contributed by atoms with van der Waals surface area (Å²) >= 11 is 0. The Hall–Kier alpha value is -3.40. The average molecular weight is 443 g/mol. The molecular weight excluding hydrogens is 408 g/mol. The molecule has 0 fully saturated rings. The summed E-state index contributed by atoms with van der Waals surface area (Å²) in [6, 6.07) is 25.5. The van der Waals surface area contributed by atoms with Gasteiger partial charge in [0.05, 0.1) is 6.42 Å². The minimum atomic E-state index is -0.586. The molecule has 172 valence electrons. The van der Waals surface area contributed by atoms with Crippen molar-refractivity contribution in [1.82, 2.24) is 10.2 Å². The van der Waals surface area contributed by atoms with E-state index in [4.69, 9.17) is 0 Å². The molecule has 0 spiro atoms. The van der Waals surface area contributed by atoms with Gasteiger partial charge in [0.25, 0.3) is 0 Å². The van der Waals surface area contributed by atoms with Gasteiger partial charge in [-0.2, -0.15) is 0 Å². The van der Waals surface area contributed by atoms with E-state index in [2.05, 4.69) is 5.32 Å². The maximum atomic E-state index is 13.7. The highest BCUT2D eigenvalue weighted by molar-refractivity contribution is 5.88. The van der Waals surface area contributed by atoms with Crippen LogP contribution in [0.5, 0.6) is 0 Å². The highest BCUT2D eigenvalue weighted by Crippen LogP contribution is 2.17. The third kappa shape index (κ3) is 7.31. The molecule has 0 aliphatic heterocycles. The lowest BCUT2D eigenvalue weighted by Crippen LogP contribution is -2.51. The normalized spacial score (nSPS) is 11.6. The molecule has 2 amide bonds. The summed E-state index contributed by atoms with van der Waals surface area (Å²) < 4.78 is 0. The number of benzene rings is 3. The summed E-state index contributed by atoms with van der Waals surface area (Å²) in [7, 11) is 0. The zero-order valence-electron chi connectivity index (χ0n) is 19.9. The first-order chi connectivity index (χ1) is 16.0. The van der Waals surface area contributed by atoms with Crippen LogP contribution in [-0.2, 0) is 29.0 Å². The number of hydrogen-bond acceptors (Lipinski definition) is 2. The van der Waals surface area contributed by atoms with E-state index in [-0.39, 0.29) is 18.2 Å². The van der Waals surface area contributed by atoms with Gasteiger partial charge in [-0.05, 0) is 37.0 Å². The van der Waals surface area contributed by atoms with Crippen LogP contribution in [0.15, 0.2) is 78.9 Å². The van der Waals surface area contributed by atoms with Crippen molar-refractivity contribution in [3.63, 3.8) is 0 Å². The van der Waals surface area contributed by atoms with Crippen LogP contribution >= 0.6 is 0 Å². The van der Waals surface area contributed by atoms with Gasteiger partial charge in [0.2, 0.25) is 11.8 Å². The third-order valence-electron chi connectivity index (χ3n) is 5.73. The molecule has 4 heteroatoms. The summed E-state index contributed by atoms with van der Waals surface area (Å²) in [6.07, 6.45) is 1.58. The van der Waals surface area contributed by atoms with Crippen molar-refractivity contribution in [2.75, 3.05) is 6.54 Å². The quantitative estimate of drug-likeness (QED) is 0.480. The Labute approximate surface area is 197 Å². The van der Waals surface area contributed by atoms with Crippen molar-refractivity contribution in [2.24, 2.45) is 0 Å². The number of aryl methyl sites for hydroxylation is 2. The zero-order chi connectivity index (χ0) is 23.6. The molecule has 0 aromatic heterocycles. The largest absolute Gasteiger partial charge is 0.354 e. The van der Waals surface area contributed by atoms with Gasteiger partial charge in [0.15, 0.2) is 0 Å². The van der Waals surface area contributed by atoms with Gasteiger partial charge in [-0.15, -0.1) is 0 Å². The monoisotopic (exact) mass is 442 g/mol. The molecular formula is C29H34N2O2. The number of carbonyl (C=O) groups excluding carboxylic acids is 2. The first kappa shape index (κ1) is 24.2. The van der Waals surface area contributed by atoms with Crippen LogP contribution in [0.4, 0.5) is 0 Å². The predicted octanol–water partition coefficient (Wildman–Crippen LogP) is 5.01. The van der Waals surface area contributed by atoms with E-state index in [0.29, 0.717) is 19.5 Å². The standard InChI is InChI=1S/C29H34N2O2/c1-4-17-30-29(33)27(19-24-10-6-5-7-11-24)31(21-25-15-13-22(2)14-16-25)28(32)20-26-12-8-9-23(3)18-26/h5-16,18,27H,4,17,19-21H2,1-3H3,(H,30,33). The molecule has 3 rings (SSSR count). The van der Waals surface area contributed by atoms with Gasteiger partial charge in [0.1, 0.15) is 6.04 Å². The lowest BCUT2D eigenvalue weighted by molar-refractivity contribution is -0.140. The summed E-state index contributed by atoms with van der Waals surface area (Å²) in [5, 5.41) is 3.02. The lowest BCUT2D eigenvalue weighted by atomic mass is 10.0. The maximum Gasteiger partial charge on any atom is 0.243 e. The first-order valence-corrected chi connectivity index (χ1v) is 11.7. The Morgan fingerprint density at radius 2 is 1.52 bits per heavy atom. The molecule has 1 unspecified atom stereocenters. The predicted molar refractivity (Wildman–Crippen MR) is 134 cm³/mol. The number of rotatable bonds is 10. The molecule has 3 aromatic rings. The van der Waals surface area contributed by atoms with Crippen LogP contribution < -0.4 is 5.32 Å². The van der Waals surface area contributed by atoms with Gasteiger partial charge in [-0.25, -0.2) is 0 Å². The molecule has 0 radical (unpaired) electrons. The number of hydrogen-bond donors (Lipinski definition) is 1. The molecule has 0 heterocycles. The lowest BCUT2D eigenvalue weighted by Gasteiger charge is -2.32. The van der Waals surface area contributed by atoms with E-state index in [1.54, 1.807) is 4.90 Å². The molecule has 0 saturated heterocycles. The van der Waals surface area contributed by atoms with Crippen LogP contribution in [0.1, 0.15) is 41.2 Å². The van der Waals surface area contributed by atoms with Crippen LogP contribution in [0.2, 0.25) is 0 Å². The van der Waals surface area contributed by atoms with Crippen LogP contribution in [0.3, 0.4) is 0 Å². The Morgan fingerprint density at radius 1 is 0.818 bits per heavy atom. The SMILES string of the molecule is CCCNC(=O)C(Cc1ccccc1)N(Cc1ccc(C)cc1)C(=O)Cc1cccc(C)c1. The van der Waals surface area contributed by atoms with Gasteiger partial charge < -0.3 is 10.2 Å². The summed E-state index contributed by atoms with van der Waals surface area (Å²) in [4.78, 5) is 28.7. The second-order valence-corrected chi connectivity index (χ2v) is 8.67. The van der Waals surface area contributed by atoms with E-state index in [9.17, 15) is 9.59 Å². The van der Waals surface area contributed by atoms with Crippen molar-refractivity contribution < 1.29 is 9.59 Å². The fourth-order valence-corrected chi connectivity index (χ4v) is 3.91. The second-order valence-electron chi connectivity index (χ2n) is 8.67. The van der Waals surface area contributed by atoms with Gasteiger partial charge in [-0.1, -0.05) is 96.9 Å². The van der Waals surface area contributed by atoms with Crippen molar-refractivity contribution in [3.05, 3.63) is 107 Å². The number of carbonyl (C=O) groups is 2. The van der Waals surface area contributed by atoms with Crippen LogP contribution in [-0.4, -0.2) is 29.3 Å². The summed E-state index contributed by atoms with van der Waals surface area (Å²) in [5.41, 5.74) is 5.29. The van der Waals surface area contributed by atoms with E-state index < -0.39 is 6.04 Å². The van der Waals surface area contributed by atoms with E-state index in [1.807, 2.05) is 99.6 Å². The van der Waals surface area contributed by atoms with Crippen LogP contribution in [0.25, 0.3) is 0 Å². The molecule has 33 heavy (non-hydrogen) atoms. The fraction of sp³-hybridized carbons (Fsp3) is 0.310. The molecule has 1 N–H and O–H groups in total. The Kier molecular flexibility index (Phi) is 8.82. The summed E-state index contributed by atoms with van der Waals surface area (Å²) in [5.74, 6) is -0.154. The fourth-order valence-electron chi connectivity index (χ4n) is 3.91. The van der Waals surface area contributed by atoms with Gasteiger partial charge in [-0.3, -0.25) is 9.59 Å². The first-order valence-electron chi connectivity index (χ1n) is 11.7. The minimum absolute atomic E-state index is 0.0474. The van der Waals surface area contributed by atoms with Crippen molar-refractivity contribution in [1.29, 1.82) is 0 Å². The molecule has 4 nitrogen and oxygen atoms in total. The van der Waals surface area contributed by atoms with Crippen molar-refractivity contribution in [2.45, 2.75) is 52.6 Å². The number of nitrogens with one attached hydrogen (secondary N) is 1. The Bertz CT molecular complexity index is 1040. The minimum Gasteiger partial charge on any atom is -0.354 e. The molecule has 1 atom stereocenters. The van der Waals surface area contributed by atoms with Crippen LogP contribution in [0, 0.1) is 13.8 Å². The third-order valence-corrected chi connectivity index (χ3v) is 5.73. The highest BCUT2D eigenvalue weighted by atomic mass is 16.2. The molecule has 0 aliphatic carbocycles. The smallest absolute Gasteiger partial charge is 0.243 e. The average Bonchev–Trinajstić information content (AvgIpc) is 2.81. The Balaban J connectivity index is 1.94. The second kappa shape index (κ2) is 12.0. The molecule has 0 saturated carbocycles. The van der Waals surface area contributed by atoms with Gasteiger partial charge in [0, 0.05) is 19.5 Å². The van der Waals surface area contributed by atoms with Crippen molar-refractivity contribution >= 4 is 11.8 Å². The summed E-state index contributed by atoms with van der Waals surface area (Å²) in [6.45, 7) is 7.07. The highest BCUT2D eigenvalue weighted by Gasteiger charge is 2.30. The van der Waals surface area contributed by atoms with E-state index in [1.165, 1.54) is 0 Å². The topological polar surface area (TPSA) is 49.4 Å². The van der Waals surface area contributed by atoms with Gasteiger partial charge >= 0.3 is 0 Å². The molecule has 0 bridgehead atoms. The maximum absolute atomic E-state index is 13.7. The molecule has 0 aliphatic rings. The van der Waals surface area contributed by atoms with E-state index >= 15 is 0 Å². The number of nitrogens with zero attached hydrogens (tertiary/aromatic N) is 1. The number of amides is 2. The van der Waals surface area contributed by atoms with E-state index in [0.717, 1.165) is 34.2 Å². The Morgan fingerprint density at radius 3 is 2.18 bits per heavy atom. The van der Waals surface area contributed by atoms with Crippen molar-refractivity contribution in [3.8, 4) is 0 Å². The zero-order valence-corrected chi connectivity index (χ0v) is 19.9. The molecule has 3 aromatic carbocycles.